The van der Waals surface area contributed by atoms with Crippen molar-refractivity contribution in [3.8, 4) is 22.4 Å². The molecule has 0 saturated heterocycles. The summed E-state index contributed by atoms with van der Waals surface area (Å²) in [4.78, 5) is 3.96. The average Bonchev–Trinajstić information content (AvgIpc) is 3.12. The Bertz CT molecular complexity index is 1070. The van der Waals surface area contributed by atoms with Crippen molar-refractivity contribution < 1.29 is 31.0 Å². The van der Waals surface area contributed by atoms with Crippen LogP contribution in [-0.4, -0.2) is 15.3 Å². The Kier molecular flexibility index (Phi) is 3.83. The third-order valence-corrected chi connectivity index (χ3v) is 3.84. The van der Waals surface area contributed by atoms with Crippen molar-refractivity contribution in [3.05, 3.63) is 65.4 Å². The molecule has 0 N–H and O–H groups in total. The van der Waals surface area contributed by atoms with E-state index in [1.54, 1.807) is 0 Å². The fourth-order valence-electron chi connectivity index (χ4n) is 2.60. The lowest BCUT2D eigenvalue weighted by atomic mass is 10.0. The van der Waals surface area contributed by atoms with Gasteiger partial charge in [-0.15, -0.1) is 0 Å². The minimum absolute atomic E-state index is 0.0378. The summed E-state index contributed by atoms with van der Waals surface area (Å²) in [5, 5.41) is 7.18. The summed E-state index contributed by atoms with van der Waals surface area (Å²) >= 11 is 0. The van der Waals surface area contributed by atoms with Crippen LogP contribution >= 0.6 is 0 Å². The van der Waals surface area contributed by atoms with E-state index in [0.717, 1.165) is 18.3 Å². The molecule has 4 rings (SSSR count). The number of fused-ring (bicyclic) bond motifs is 1. The zero-order valence-electron chi connectivity index (χ0n) is 12.9. The van der Waals surface area contributed by atoms with Crippen LogP contribution in [-0.2, 0) is 0 Å². The van der Waals surface area contributed by atoms with Gasteiger partial charge in [0.15, 0.2) is 40.4 Å². The molecule has 4 nitrogen and oxygen atoms in total. The first kappa shape index (κ1) is 17.0. The van der Waals surface area contributed by atoms with E-state index in [-0.39, 0.29) is 33.4 Å². The highest BCUT2D eigenvalue weighted by Crippen LogP contribution is 2.33. The van der Waals surface area contributed by atoms with Crippen LogP contribution in [0.5, 0.6) is 0 Å². The predicted octanol–water partition coefficient (Wildman–Crippen LogP) is 4.79. The molecular formula is C17H5F6N3O. The molecule has 0 bridgehead atoms. The van der Waals surface area contributed by atoms with Crippen molar-refractivity contribution in [3.63, 3.8) is 0 Å². The number of hydrogen-bond acceptors (Lipinski definition) is 4. The van der Waals surface area contributed by atoms with E-state index < -0.39 is 34.9 Å². The fourth-order valence-corrected chi connectivity index (χ4v) is 2.60. The summed E-state index contributed by atoms with van der Waals surface area (Å²) in [7, 11) is 0. The van der Waals surface area contributed by atoms with Gasteiger partial charge in [-0.05, 0) is 40.1 Å². The number of nitrogens with zero attached hydrogens (tertiary/aromatic N) is 3. The summed E-state index contributed by atoms with van der Waals surface area (Å²) in [5.74, 6) is -9.04. The molecule has 0 atom stereocenters. The minimum Gasteiger partial charge on any atom is -0.253 e. The van der Waals surface area contributed by atoms with Gasteiger partial charge in [-0.3, -0.25) is 4.98 Å². The zero-order valence-corrected chi connectivity index (χ0v) is 12.9. The van der Waals surface area contributed by atoms with Crippen molar-refractivity contribution in [2.45, 2.75) is 0 Å². The molecule has 0 unspecified atom stereocenters. The molecular weight excluding hydrogens is 376 g/mol. The Morgan fingerprint density at radius 1 is 0.630 bits per heavy atom. The van der Waals surface area contributed by atoms with Crippen LogP contribution in [0.4, 0.5) is 26.3 Å². The van der Waals surface area contributed by atoms with E-state index >= 15 is 0 Å². The van der Waals surface area contributed by atoms with Crippen molar-refractivity contribution in [2.24, 2.45) is 0 Å². The molecule has 2 heterocycles. The lowest BCUT2D eigenvalue weighted by Gasteiger charge is -2.07. The monoisotopic (exact) mass is 381 g/mol. The maximum Gasteiger partial charge on any atom is 0.194 e. The normalized spacial score (nSPS) is 11.3. The van der Waals surface area contributed by atoms with Crippen LogP contribution in [0.25, 0.3) is 33.4 Å². The number of aromatic nitrogens is 3. The molecule has 0 amide bonds. The molecule has 0 aliphatic carbocycles. The molecule has 136 valence electrons. The molecule has 2 aromatic heterocycles. The standard InChI is InChI=1S/C17H5F6N3O/c18-9-1-6(2-10(19)13(9)22)8-5-24-15(17-16(8)25-27-26-17)7-3-11(20)14(23)12(21)4-7/h1-5H. The van der Waals surface area contributed by atoms with E-state index in [4.69, 9.17) is 0 Å². The number of rotatable bonds is 2. The topological polar surface area (TPSA) is 51.8 Å². The van der Waals surface area contributed by atoms with Gasteiger partial charge in [-0.2, -0.15) is 0 Å². The Morgan fingerprint density at radius 3 is 1.67 bits per heavy atom. The number of halogens is 6. The second-order valence-corrected chi connectivity index (χ2v) is 5.49. The first-order valence-electron chi connectivity index (χ1n) is 7.28. The van der Waals surface area contributed by atoms with Gasteiger partial charge in [0, 0.05) is 17.3 Å². The van der Waals surface area contributed by atoms with Crippen LogP contribution in [0.15, 0.2) is 35.1 Å². The van der Waals surface area contributed by atoms with Crippen molar-refractivity contribution in [1.29, 1.82) is 0 Å². The maximum absolute atomic E-state index is 13.5. The van der Waals surface area contributed by atoms with E-state index in [0.29, 0.717) is 12.1 Å². The predicted molar refractivity (Wildman–Crippen MR) is 80.2 cm³/mol. The third-order valence-electron chi connectivity index (χ3n) is 3.84. The highest BCUT2D eigenvalue weighted by atomic mass is 19.2. The lowest BCUT2D eigenvalue weighted by Crippen LogP contribution is -1.96. The first-order valence-corrected chi connectivity index (χ1v) is 7.28. The molecule has 4 aromatic rings. The van der Waals surface area contributed by atoms with Gasteiger partial charge in [-0.25, -0.2) is 31.0 Å². The van der Waals surface area contributed by atoms with Crippen LogP contribution in [0.3, 0.4) is 0 Å². The van der Waals surface area contributed by atoms with Gasteiger partial charge in [0.25, 0.3) is 0 Å². The highest BCUT2D eigenvalue weighted by Gasteiger charge is 2.20. The third kappa shape index (κ3) is 2.69. The van der Waals surface area contributed by atoms with Crippen molar-refractivity contribution in [1.82, 2.24) is 15.3 Å². The lowest BCUT2D eigenvalue weighted by molar-refractivity contribution is 0.315. The summed E-state index contributed by atoms with van der Waals surface area (Å²) in [6, 6.07) is 2.85. The summed E-state index contributed by atoms with van der Waals surface area (Å²) in [5.41, 5.74) is -0.469. The van der Waals surface area contributed by atoms with Gasteiger partial charge in [0.1, 0.15) is 11.2 Å². The molecule has 27 heavy (non-hydrogen) atoms. The maximum atomic E-state index is 13.5. The zero-order chi connectivity index (χ0) is 19.3. The van der Waals surface area contributed by atoms with Crippen LogP contribution in [0, 0.1) is 34.9 Å². The smallest absolute Gasteiger partial charge is 0.194 e. The van der Waals surface area contributed by atoms with Crippen molar-refractivity contribution in [2.75, 3.05) is 0 Å². The summed E-state index contributed by atoms with van der Waals surface area (Å²) < 4.78 is 84.9. The van der Waals surface area contributed by atoms with Crippen molar-refractivity contribution >= 4 is 11.0 Å². The average molecular weight is 381 g/mol. The quantitative estimate of drug-likeness (QED) is 0.370. The number of hydrogen-bond donors (Lipinski definition) is 0. The molecule has 0 aliphatic rings. The molecule has 10 heteroatoms. The van der Waals surface area contributed by atoms with E-state index in [9.17, 15) is 26.3 Å². The Labute approximate surface area is 146 Å². The Morgan fingerprint density at radius 2 is 1.11 bits per heavy atom. The van der Waals surface area contributed by atoms with E-state index in [1.807, 2.05) is 0 Å². The molecule has 0 fully saturated rings. The second-order valence-electron chi connectivity index (χ2n) is 5.49. The van der Waals surface area contributed by atoms with Crippen LogP contribution < -0.4 is 0 Å². The molecule has 0 saturated carbocycles. The van der Waals surface area contributed by atoms with Gasteiger partial charge in [-0.1, -0.05) is 0 Å². The largest absolute Gasteiger partial charge is 0.253 e. The number of benzene rings is 2. The molecule has 0 radical (unpaired) electrons. The SMILES string of the molecule is Fc1cc(-c2cnc(-c3cc(F)c(F)c(F)c3)c3nonc23)cc(F)c1F. The minimum atomic E-state index is -1.65. The van der Waals surface area contributed by atoms with Gasteiger partial charge in [0.2, 0.25) is 0 Å². The van der Waals surface area contributed by atoms with Crippen LogP contribution in [0.2, 0.25) is 0 Å². The summed E-state index contributed by atoms with van der Waals surface area (Å²) in [6.07, 6.45) is 1.09. The van der Waals surface area contributed by atoms with Crippen LogP contribution in [0.1, 0.15) is 0 Å². The van der Waals surface area contributed by atoms with E-state index in [2.05, 4.69) is 19.9 Å². The fraction of sp³-hybridized carbons (Fsp3) is 0. The van der Waals surface area contributed by atoms with E-state index in [1.165, 1.54) is 0 Å². The van der Waals surface area contributed by atoms with Gasteiger partial charge < -0.3 is 0 Å². The van der Waals surface area contributed by atoms with Gasteiger partial charge >= 0.3 is 0 Å². The Balaban J connectivity index is 1.94. The summed E-state index contributed by atoms with van der Waals surface area (Å²) in [6.45, 7) is 0. The highest BCUT2D eigenvalue weighted by molar-refractivity contribution is 5.97. The molecule has 0 spiro atoms. The molecule has 0 aliphatic heterocycles. The van der Waals surface area contributed by atoms with Gasteiger partial charge in [0.05, 0.1) is 0 Å². The Hall–Kier alpha value is -3.43. The first-order chi connectivity index (χ1) is 12.9. The second kappa shape index (κ2) is 6.08. The number of pyridine rings is 1. The molecule has 2 aromatic carbocycles.